The molecular weight excluding hydrogens is 398 g/mol. The van der Waals surface area contributed by atoms with E-state index in [1.807, 2.05) is 26.8 Å². The predicted octanol–water partition coefficient (Wildman–Crippen LogP) is 4.27. The molecule has 0 atom stereocenters. The molecule has 0 aromatic heterocycles. The summed E-state index contributed by atoms with van der Waals surface area (Å²) in [7, 11) is -3.28. The molecule has 0 saturated heterocycles. The molecule has 0 spiro atoms. The van der Waals surface area contributed by atoms with Crippen molar-refractivity contribution in [1.29, 1.82) is 0 Å². The number of hydrogen-bond acceptors (Lipinski definition) is 4. The summed E-state index contributed by atoms with van der Waals surface area (Å²) in [5.74, 6) is -0.301. The van der Waals surface area contributed by atoms with Crippen molar-refractivity contribution in [3.63, 3.8) is 0 Å². The molecule has 2 rings (SSSR count). The van der Waals surface area contributed by atoms with Crippen LogP contribution in [-0.2, 0) is 22.0 Å². The molecule has 0 aliphatic rings. The molecule has 6 heteroatoms. The van der Waals surface area contributed by atoms with Crippen LogP contribution < -0.4 is 5.32 Å². The maximum Gasteiger partial charge on any atom is 0.251 e. The Labute approximate surface area is 179 Å². The normalized spacial score (nSPS) is 12.1. The third-order valence-electron chi connectivity index (χ3n) is 4.75. The van der Waals surface area contributed by atoms with E-state index in [1.54, 1.807) is 57.2 Å². The van der Waals surface area contributed by atoms with E-state index in [-0.39, 0.29) is 29.9 Å². The van der Waals surface area contributed by atoms with Crippen molar-refractivity contribution < 1.29 is 18.0 Å². The van der Waals surface area contributed by atoms with E-state index in [1.165, 1.54) is 0 Å². The van der Waals surface area contributed by atoms with Crippen LogP contribution >= 0.6 is 0 Å². The smallest absolute Gasteiger partial charge is 0.251 e. The quantitative estimate of drug-likeness (QED) is 0.667. The van der Waals surface area contributed by atoms with Crippen molar-refractivity contribution in [2.75, 3.05) is 0 Å². The molecule has 30 heavy (non-hydrogen) atoms. The summed E-state index contributed by atoms with van der Waals surface area (Å²) in [4.78, 5) is 25.0. The number of nitrogens with one attached hydrogen (secondary N) is 1. The number of aryl methyl sites for hydroxylation is 1. The lowest BCUT2D eigenvalue weighted by Gasteiger charge is -2.19. The number of Topliss-reactive ketones (excluding diaryl/α,β-unsaturated/α-hetero) is 1. The van der Waals surface area contributed by atoms with Crippen molar-refractivity contribution in [2.24, 2.45) is 0 Å². The number of amides is 1. The Kier molecular flexibility index (Phi) is 7.24. The van der Waals surface area contributed by atoms with Gasteiger partial charge in [-0.15, -0.1) is 0 Å². The zero-order valence-electron chi connectivity index (χ0n) is 18.6. The second-order valence-electron chi connectivity index (χ2n) is 9.00. The second-order valence-corrected chi connectivity index (χ2v) is 11.7. The van der Waals surface area contributed by atoms with Gasteiger partial charge in [-0.25, -0.2) is 8.42 Å². The SMILES string of the molecule is Cc1cc(CC(=O)c2ccc(CS(=O)(=O)C(C)(C)C)cc2)cc(C(=O)NC(C)C)c1. The van der Waals surface area contributed by atoms with Crippen molar-refractivity contribution in [3.8, 4) is 0 Å². The van der Waals surface area contributed by atoms with Crippen LogP contribution in [0.2, 0.25) is 0 Å². The zero-order chi connectivity index (χ0) is 22.7. The minimum atomic E-state index is -3.28. The van der Waals surface area contributed by atoms with Crippen molar-refractivity contribution in [2.45, 2.75) is 64.5 Å². The molecule has 0 fully saturated rings. The van der Waals surface area contributed by atoms with E-state index in [0.29, 0.717) is 16.7 Å². The number of ketones is 1. The largest absolute Gasteiger partial charge is 0.350 e. The van der Waals surface area contributed by atoms with Crippen LogP contribution in [0.1, 0.15) is 72.0 Å². The average Bonchev–Trinajstić information content (AvgIpc) is 2.60. The summed E-state index contributed by atoms with van der Waals surface area (Å²) in [5.41, 5.74) is 3.39. The summed E-state index contributed by atoms with van der Waals surface area (Å²) >= 11 is 0. The summed E-state index contributed by atoms with van der Waals surface area (Å²) in [6.45, 7) is 10.7. The van der Waals surface area contributed by atoms with E-state index >= 15 is 0 Å². The van der Waals surface area contributed by atoms with Gasteiger partial charge >= 0.3 is 0 Å². The standard InChI is InChI=1S/C24H31NO4S/c1-16(2)25-23(27)21-12-17(3)11-19(13-21)14-22(26)20-9-7-18(8-10-20)15-30(28,29)24(4,5)6/h7-13,16H,14-15H2,1-6H3,(H,25,27). The van der Waals surface area contributed by atoms with Gasteiger partial charge in [-0.2, -0.15) is 0 Å². The first kappa shape index (κ1) is 23.8. The lowest BCUT2D eigenvalue weighted by Crippen LogP contribution is -2.30. The van der Waals surface area contributed by atoms with E-state index in [9.17, 15) is 18.0 Å². The highest BCUT2D eigenvalue weighted by Gasteiger charge is 2.28. The van der Waals surface area contributed by atoms with Gasteiger partial charge in [-0.05, 0) is 64.8 Å². The fourth-order valence-corrected chi connectivity index (χ4v) is 4.02. The number of benzene rings is 2. The van der Waals surface area contributed by atoms with E-state index in [0.717, 1.165) is 11.1 Å². The van der Waals surface area contributed by atoms with Gasteiger partial charge in [0.1, 0.15) is 0 Å². The summed E-state index contributed by atoms with van der Waals surface area (Å²) in [6, 6.07) is 12.2. The van der Waals surface area contributed by atoms with E-state index < -0.39 is 14.6 Å². The first-order chi connectivity index (χ1) is 13.8. The number of rotatable bonds is 7. The molecule has 1 amide bonds. The van der Waals surface area contributed by atoms with Crippen LogP contribution in [0.4, 0.5) is 0 Å². The van der Waals surface area contributed by atoms with Gasteiger partial charge in [0.2, 0.25) is 0 Å². The molecule has 2 aromatic rings. The lowest BCUT2D eigenvalue weighted by atomic mass is 9.98. The first-order valence-electron chi connectivity index (χ1n) is 10.0. The highest BCUT2D eigenvalue weighted by atomic mass is 32.2. The molecule has 0 saturated carbocycles. The molecule has 0 aliphatic carbocycles. The van der Waals surface area contributed by atoms with Gasteiger partial charge in [0.15, 0.2) is 15.6 Å². The molecule has 2 aromatic carbocycles. The van der Waals surface area contributed by atoms with Crippen LogP contribution in [0.5, 0.6) is 0 Å². The fraction of sp³-hybridized carbons (Fsp3) is 0.417. The van der Waals surface area contributed by atoms with Gasteiger partial charge in [-0.3, -0.25) is 9.59 Å². The molecule has 0 heterocycles. The monoisotopic (exact) mass is 429 g/mol. The summed E-state index contributed by atoms with van der Waals surface area (Å²) in [6.07, 6.45) is 0.170. The lowest BCUT2D eigenvalue weighted by molar-refractivity contribution is 0.0940. The highest BCUT2D eigenvalue weighted by molar-refractivity contribution is 7.91. The topological polar surface area (TPSA) is 80.3 Å². The van der Waals surface area contributed by atoms with Gasteiger partial charge in [0.25, 0.3) is 5.91 Å². The Morgan fingerprint density at radius 2 is 1.53 bits per heavy atom. The minimum absolute atomic E-state index is 0.0312. The number of carbonyl (C=O) groups is 2. The van der Waals surface area contributed by atoms with Crippen LogP contribution in [0.15, 0.2) is 42.5 Å². The molecule has 1 N–H and O–H groups in total. The summed E-state index contributed by atoms with van der Waals surface area (Å²) < 4.78 is 23.9. The fourth-order valence-electron chi connectivity index (χ4n) is 2.95. The molecule has 0 radical (unpaired) electrons. The van der Waals surface area contributed by atoms with Crippen molar-refractivity contribution in [3.05, 3.63) is 70.3 Å². The number of hydrogen-bond donors (Lipinski definition) is 1. The highest BCUT2D eigenvalue weighted by Crippen LogP contribution is 2.21. The third-order valence-corrected chi connectivity index (χ3v) is 7.33. The van der Waals surface area contributed by atoms with Crippen LogP contribution in [0.3, 0.4) is 0 Å². The zero-order valence-corrected chi connectivity index (χ0v) is 19.4. The number of sulfone groups is 1. The maximum atomic E-state index is 12.7. The Morgan fingerprint density at radius 1 is 0.933 bits per heavy atom. The average molecular weight is 430 g/mol. The van der Waals surface area contributed by atoms with Crippen molar-refractivity contribution >= 4 is 21.5 Å². The Hall–Kier alpha value is -2.47. The van der Waals surface area contributed by atoms with E-state index in [4.69, 9.17) is 0 Å². The van der Waals surface area contributed by atoms with E-state index in [2.05, 4.69) is 5.32 Å². The molecular formula is C24H31NO4S. The Balaban J connectivity index is 2.15. The van der Waals surface area contributed by atoms with Crippen molar-refractivity contribution in [1.82, 2.24) is 5.32 Å². The minimum Gasteiger partial charge on any atom is -0.350 e. The Morgan fingerprint density at radius 3 is 2.07 bits per heavy atom. The first-order valence-corrected chi connectivity index (χ1v) is 11.7. The van der Waals surface area contributed by atoms with Crippen LogP contribution in [-0.4, -0.2) is 30.9 Å². The molecule has 5 nitrogen and oxygen atoms in total. The maximum absolute atomic E-state index is 12.7. The summed E-state index contributed by atoms with van der Waals surface area (Å²) in [5, 5.41) is 2.86. The molecule has 0 aliphatic heterocycles. The molecule has 162 valence electrons. The van der Waals surface area contributed by atoms with Crippen LogP contribution in [0.25, 0.3) is 0 Å². The third kappa shape index (κ3) is 6.26. The van der Waals surface area contributed by atoms with Crippen LogP contribution in [0, 0.1) is 6.92 Å². The van der Waals surface area contributed by atoms with Gasteiger partial charge in [0.05, 0.1) is 10.5 Å². The molecule has 0 unspecified atom stereocenters. The van der Waals surface area contributed by atoms with Gasteiger partial charge < -0.3 is 5.32 Å². The number of carbonyl (C=O) groups excluding carboxylic acids is 2. The van der Waals surface area contributed by atoms with Gasteiger partial charge in [0, 0.05) is 23.6 Å². The molecule has 0 bridgehead atoms. The second kappa shape index (κ2) is 9.13. The Bertz CT molecular complexity index is 1030. The predicted molar refractivity (Wildman–Crippen MR) is 121 cm³/mol. The van der Waals surface area contributed by atoms with Gasteiger partial charge in [-0.1, -0.05) is 35.9 Å².